The molecule has 0 saturated heterocycles. The average Bonchev–Trinajstić information content (AvgIpc) is 3.31. The molecule has 8 heteroatoms. The van der Waals surface area contributed by atoms with Crippen LogP contribution in [0.5, 0.6) is 5.75 Å². The molecule has 1 heterocycles. The van der Waals surface area contributed by atoms with Crippen molar-refractivity contribution in [1.82, 2.24) is 10.7 Å². The molecule has 0 spiro atoms. The number of rotatable bonds is 6. The third-order valence-electron chi connectivity index (χ3n) is 5.57. The van der Waals surface area contributed by atoms with Crippen LogP contribution in [0.4, 0.5) is 0 Å². The number of hydrogen-bond acceptors (Lipinski definition) is 5. The summed E-state index contributed by atoms with van der Waals surface area (Å²) in [5, 5.41) is 19.9. The molecule has 0 unspecified atom stereocenters. The zero-order chi connectivity index (χ0) is 27.4. The number of thiophene rings is 1. The maximum Gasteiger partial charge on any atom is 0.287 e. The Morgan fingerprint density at radius 2 is 1.59 bits per heavy atom. The number of nitrogens with zero attached hydrogens (tertiary/aromatic N) is 1. The Balaban J connectivity index is 1.88. The van der Waals surface area contributed by atoms with Crippen molar-refractivity contribution < 1.29 is 14.7 Å². The Morgan fingerprint density at radius 3 is 2.14 bits per heavy atom. The van der Waals surface area contributed by atoms with Crippen molar-refractivity contribution in [2.45, 2.75) is 52.4 Å². The minimum atomic E-state index is -0.587. The Kier molecular flexibility index (Phi) is 8.61. The molecule has 0 bridgehead atoms. The van der Waals surface area contributed by atoms with E-state index in [0.717, 1.165) is 21.6 Å². The second kappa shape index (κ2) is 11.3. The first-order chi connectivity index (χ1) is 17.3. The molecule has 3 rings (SSSR count). The van der Waals surface area contributed by atoms with E-state index in [2.05, 4.69) is 15.8 Å². The smallest absolute Gasteiger partial charge is 0.287 e. The Labute approximate surface area is 227 Å². The summed E-state index contributed by atoms with van der Waals surface area (Å²) in [7, 11) is 0. The third-order valence-corrected chi connectivity index (χ3v) is 6.72. The fourth-order valence-electron chi connectivity index (χ4n) is 3.61. The van der Waals surface area contributed by atoms with Crippen LogP contribution in [0.25, 0.3) is 6.08 Å². The van der Waals surface area contributed by atoms with Gasteiger partial charge in [0.1, 0.15) is 11.4 Å². The Bertz CT molecular complexity index is 1310. The van der Waals surface area contributed by atoms with Crippen LogP contribution in [0.1, 0.15) is 73.5 Å². The lowest BCUT2D eigenvalue weighted by atomic mass is 9.78. The quantitative estimate of drug-likeness (QED) is 0.187. The average molecular weight is 538 g/mol. The highest BCUT2D eigenvalue weighted by Crippen LogP contribution is 2.39. The number of amides is 2. The molecule has 3 N–H and O–H groups in total. The molecule has 1 aromatic heterocycles. The third kappa shape index (κ3) is 7.31. The van der Waals surface area contributed by atoms with Gasteiger partial charge >= 0.3 is 0 Å². The van der Waals surface area contributed by atoms with Crippen LogP contribution in [-0.2, 0) is 15.6 Å². The minimum Gasteiger partial charge on any atom is -0.507 e. The lowest BCUT2D eigenvalue weighted by molar-refractivity contribution is -0.117. The highest BCUT2D eigenvalue weighted by molar-refractivity contribution is 7.10. The van der Waals surface area contributed by atoms with E-state index in [9.17, 15) is 14.7 Å². The summed E-state index contributed by atoms with van der Waals surface area (Å²) in [6, 6.07) is 14.0. The summed E-state index contributed by atoms with van der Waals surface area (Å²) in [6.07, 6.45) is 3.11. The zero-order valence-corrected chi connectivity index (χ0v) is 23.4. The number of nitrogens with one attached hydrogen (secondary N) is 2. The maximum absolute atomic E-state index is 13.0. The van der Waals surface area contributed by atoms with Crippen LogP contribution >= 0.6 is 22.9 Å². The van der Waals surface area contributed by atoms with Crippen molar-refractivity contribution in [3.8, 4) is 5.75 Å². The fraction of sp³-hybridized carbons (Fsp3) is 0.276. The van der Waals surface area contributed by atoms with Crippen molar-refractivity contribution in [3.63, 3.8) is 0 Å². The van der Waals surface area contributed by atoms with Gasteiger partial charge in [-0.1, -0.05) is 71.3 Å². The molecule has 3 aromatic rings. The van der Waals surface area contributed by atoms with Gasteiger partial charge in [-0.15, -0.1) is 11.3 Å². The molecule has 2 aromatic carbocycles. The maximum atomic E-state index is 13.0. The van der Waals surface area contributed by atoms with Crippen LogP contribution in [0.3, 0.4) is 0 Å². The monoisotopic (exact) mass is 537 g/mol. The first-order valence-corrected chi connectivity index (χ1v) is 13.1. The van der Waals surface area contributed by atoms with E-state index in [1.165, 1.54) is 17.6 Å². The normalized spacial score (nSPS) is 12.6. The molecule has 0 aliphatic carbocycles. The zero-order valence-electron chi connectivity index (χ0n) is 21.8. The number of halogens is 1. The van der Waals surface area contributed by atoms with Crippen LogP contribution in [0.15, 0.2) is 64.7 Å². The first-order valence-electron chi connectivity index (χ1n) is 11.8. The van der Waals surface area contributed by atoms with E-state index in [-0.39, 0.29) is 32.9 Å². The van der Waals surface area contributed by atoms with E-state index < -0.39 is 11.8 Å². The van der Waals surface area contributed by atoms with Crippen molar-refractivity contribution >= 4 is 47.0 Å². The van der Waals surface area contributed by atoms with Gasteiger partial charge in [0, 0.05) is 16.0 Å². The number of phenols is 1. The van der Waals surface area contributed by atoms with Gasteiger partial charge in [-0.3, -0.25) is 9.59 Å². The molecule has 6 nitrogen and oxygen atoms in total. The Hall–Kier alpha value is -3.42. The standard InChI is InChI=1S/C29H32ClN3O3S/c1-28(2,3)21-14-18(15-22(25(21)34)29(4,5)6)17-31-33-27(36)24(16-19-10-9-13-37-19)32-26(35)20-11-7-8-12-23(20)30/h7-17,34H,1-6H3,(H,32,35)(H,33,36)/b24-16+,31-17?. The number of hydrazone groups is 1. The van der Waals surface area contributed by atoms with Gasteiger partial charge in [0.2, 0.25) is 0 Å². The summed E-state index contributed by atoms with van der Waals surface area (Å²) in [5.74, 6) is -0.823. The van der Waals surface area contributed by atoms with Gasteiger partial charge < -0.3 is 10.4 Å². The van der Waals surface area contributed by atoms with Crippen LogP contribution in [-0.4, -0.2) is 23.1 Å². The van der Waals surface area contributed by atoms with Gasteiger partial charge in [0.25, 0.3) is 11.8 Å². The largest absolute Gasteiger partial charge is 0.507 e. The van der Waals surface area contributed by atoms with Crippen LogP contribution in [0, 0.1) is 0 Å². The molecular formula is C29H32ClN3O3S. The van der Waals surface area contributed by atoms with Crippen molar-refractivity contribution in [2.24, 2.45) is 5.10 Å². The summed E-state index contributed by atoms with van der Waals surface area (Å²) < 4.78 is 0. The number of aromatic hydroxyl groups is 1. The number of phenolic OH excluding ortho intramolecular Hbond substituents is 1. The molecule has 37 heavy (non-hydrogen) atoms. The summed E-state index contributed by atoms with van der Waals surface area (Å²) in [4.78, 5) is 26.7. The molecule has 0 saturated carbocycles. The SMILES string of the molecule is CC(C)(C)c1cc(C=NNC(=O)/C(=C\c2cccs2)NC(=O)c2ccccc2Cl)cc(C(C)(C)C)c1O. The number of carbonyl (C=O) groups excluding carboxylic acids is 2. The van der Waals surface area contributed by atoms with E-state index in [4.69, 9.17) is 11.6 Å². The van der Waals surface area contributed by atoms with Gasteiger partial charge in [-0.05, 0) is 58.2 Å². The molecule has 0 aliphatic heterocycles. The fourth-order valence-corrected chi connectivity index (χ4v) is 4.49. The van der Waals surface area contributed by atoms with Gasteiger partial charge in [-0.2, -0.15) is 5.10 Å². The number of benzene rings is 2. The summed E-state index contributed by atoms with van der Waals surface area (Å²) in [5.41, 5.74) is 4.51. The highest BCUT2D eigenvalue weighted by Gasteiger charge is 2.26. The van der Waals surface area contributed by atoms with Crippen LogP contribution < -0.4 is 10.7 Å². The van der Waals surface area contributed by atoms with E-state index in [1.54, 1.807) is 30.3 Å². The predicted molar refractivity (Wildman–Crippen MR) is 152 cm³/mol. The number of carbonyl (C=O) groups is 2. The first kappa shape index (κ1) is 28.2. The van der Waals surface area contributed by atoms with Crippen molar-refractivity contribution in [2.75, 3.05) is 0 Å². The molecule has 194 valence electrons. The minimum absolute atomic E-state index is 0.0287. The lowest BCUT2D eigenvalue weighted by Crippen LogP contribution is -2.33. The molecule has 0 aliphatic rings. The van der Waals surface area contributed by atoms with Crippen LogP contribution in [0.2, 0.25) is 5.02 Å². The Morgan fingerprint density at radius 1 is 0.973 bits per heavy atom. The number of hydrogen-bond donors (Lipinski definition) is 3. The molecule has 0 fully saturated rings. The van der Waals surface area contributed by atoms with Gasteiger partial charge in [-0.25, -0.2) is 5.43 Å². The lowest BCUT2D eigenvalue weighted by Gasteiger charge is -2.27. The predicted octanol–water partition coefficient (Wildman–Crippen LogP) is 6.62. The molecule has 0 atom stereocenters. The molecular weight excluding hydrogens is 506 g/mol. The molecule has 0 radical (unpaired) electrons. The molecule has 2 amide bonds. The second-order valence-corrected chi connectivity index (χ2v) is 12.1. The van der Waals surface area contributed by atoms with E-state index in [0.29, 0.717) is 0 Å². The van der Waals surface area contributed by atoms with E-state index in [1.807, 2.05) is 71.2 Å². The van der Waals surface area contributed by atoms with Crippen molar-refractivity contribution in [1.29, 1.82) is 0 Å². The highest BCUT2D eigenvalue weighted by atomic mass is 35.5. The van der Waals surface area contributed by atoms with E-state index >= 15 is 0 Å². The van der Waals surface area contributed by atoms with Gasteiger partial charge in [0.05, 0.1) is 16.8 Å². The topological polar surface area (TPSA) is 90.8 Å². The summed E-state index contributed by atoms with van der Waals surface area (Å²) >= 11 is 7.59. The second-order valence-electron chi connectivity index (χ2n) is 10.7. The summed E-state index contributed by atoms with van der Waals surface area (Å²) in [6.45, 7) is 12.2. The van der Waals surface area contributed by atoms with Crippen molar-refractivity contribution in [3.05, 3.63) is 91.8 Å². The van der Waals surface area contributed by atoms with Gasteiger partial charge in [0.15, 0.2) is 0 Å².